The van der Waals surface area contributed by atoms with E-state index >= 15 is 0 Å². The molecule has 0 rings (SSSR count). The number of carboxylic acids is 1. The molecule has 0 aromatic rings. The van der Waals surface area contributed by atoms with Crippen LogP contribution >= 0.6 is 0 Å². The number of Topliss-reactive ketones (excluding diaryl/α,β-unsaturated/α-hetero) is 1. The van der Waals surface area contributed by atoms with Crippen LogP contribution in [-0.4, -0.2) is 73.3 Å². The molecule has 6 heteroatoms. The fourth-order valence-electron chi connectivity index (χ4n) is 0.540. The van der Waals surface area contributed by atoms with Crippen LogP contribution in [0.4, 0.5) is 0 Å². The molecule has 0 saturated carbocycles. The van der Waals surface area contributed by atoms with E-state index in [1.54, 1.807) is 0 Å². The van der Waals surface area contributed by atoms with Crippen molar-refractivity contribution in [2.24, 2.45) is 0 Å². The van der Waals surface area contributed by atoms with Crippen LogP contribution in [0.3, 0.4) is 0 Å². The topological polar surface area (TPSA) is 72.8 Å². The third-order valence-corrected chi connectivity index (χ3v) is 1.11. The molecule has 0 aliphatic rings. The molecule has 1 unspecified atom stereocenters. The molecule has 0 bridgehead atoms. The Bertz CT molecular complexity index is 158. The van der Waals surface area contributed by atoms with Gasteiger partial charge < -0.3 is 14.6 Å². The first-order valence-electron chi connectivity index (χ1n) is 2.92. The van der Waals surface area contributed by atoms with E-state index in [1.807, 2.05) is 0 Å². The number of hydrogen-bond acceptors (Lipinski definition) is 4. The average molecular weight is 185 g/mol. The predicted molar refractivity (Wildman–Crippen MR) is 41.1 cm³/mol. The molecule has 0 aliphatic carbocycles. The summed E-state index contributed by atoms with van der Waals surface area (Å²) in [5, 5.41) is 8.23. The number of ether oxygens (including phenoxy) is 2. The van der Waals surface area contributed by atoms with Crippen LogP contribution in [0.25, 0.3) is 0 Å². The quantitative estimate of drug-likeness (QED) is 0.435. The van der Waals surface area contributed by atoms with E-state index in [-0.39, 0.29) is 36.2 Å². The third-order valence-electron chi connectivity index (χ3n) is 1.11. The van der Waals surface area contributed by atoms with Crippen LogP contribution < -0.4 is 0 Å². The van der Waals surface area contributed by atoms with Gasteiger partial charge in [-0.2, -0.15) is 0 Å². The molecule has 0 aromatic carbocycles. The summed E-state index contributed by atoms with van der Waals surface area (Å²) >= 11 is 0. The van der Waals surface area contributed by atoms with Gasteiger partial charge in [0.25, 0.3) is 5.78 Å². The van der Waals surface area contributed by atoms with Crippen LogP contribution in [0.5, 0.6) is 0 Å². The van der Waals surface area contributed by atoms with Crippen molar-refractivity contribution in [2.45, 2.75) is 6.10 Å². The molecule has 0 aliphatic heterocycles. The molecule has 0 saturated heterocycles. The Morgan fingerprint density at radius 3 is 2.17 bits per heavy atom. The number of rotatable bonds is 5. The number of hydrogen-bond donors (Lipinski definition) is 1. The van der Waals surface area contributed by atoms with Crippen molar-refractivity contribution in [1.29, 1.82) is 0 Å². The number of carboxylic acid groups (broad SMARTS) is 1. The summed E-state index contributed by atoms with van der Waals surface area (Å²) in [4.78, 5) is 20.7. The summed E-state index contributed by atoms with van der Waals surface area (Å²) < 4.78 is 9.12. The number of carbonyl (C=O) groups is 2. The van der Waals surface area contributed by atoms with Crippen LogP contribution in [0.15, 0.2) is 0 Å². The van der Waals surface area contributed by atoms with Crippen molar-refractivity contribution < 1.29 is 24.2 Å². The molecule has 0 aromatic heterocycles. The largest absolute Gasteiger partial charge is 0.475 e. The molecule has 1 atom stereocenters. The standard InChI is InChI=1S/C6H10O5.Na/c1-10-3-4(11-2)5(7)6(8)9;/h4H,3H2,1-2H3,(H,8,9);. The Morgan fingerprint density at radius 1 is 1.42 bits per heavy atom. The van der Waals surface area contributed by atoms with Gasteiger partial charge in [0, 0.05) is 43.8 Å². The van der Waals surface area contributed by atoms with Crippen molar-refractivity contribution in [3.8, 4) is 0 Å². The zero-order valence-electron chi connectivity index (χ0n) is 7.36. The normalized spacial score (nSPS) is 11.5. The van der Waals surface area contributed by atoms with Gasteiger partial charge in [0.1, 0.15) is 0 Å². The maximum Gasteiger partial charge on any atom is 0.375 e. The second-order valence-corrected chi connectivity index (χ2v) is 1.85. The van der Waals surface area contributed by atoms with E-state index in [1.165, 1.54) is 14.2 Å². The number of ketones is 1. The molecule has 1 radical (unpaired) electrons. The van der Waals surface area contributed by atoms with Gasteiger partial charge in [0.2, 0.25) is 0 Å². The minimum atomic E-state index is -1.51. The first-order valence-corrected chi connectivity index (χ1v) is 2.92. The smallest absolute Gasteiger partial charge is 0.375 e. The molecule has 0 fully saturated rings. The van der Waals surface area contributed by atoms with Gasteiger partial charge in [-0.15, -0.1) is 0 Å². The van der Waals surface area contributed by atoms with E-state index in [2.05, 4.69) is 9.47 Å². The predicted octanol–water partition coefficient (Wildman–Crippen LogP) is -1.08. The number of aliphatic carboxylic acids is 1. The monoisotopic (exact) mass is 185 g/mol. The molecular weight excluding hydrogens is 175 g/mol. The maximum atomic E-state index is 10.7. The van der Waals surface area contributed by atoms with Crippen LogP contribution in [0, 0.1) is 0 Å². The van der Waals surface area contributed by atoms with Gasteiger partial charge >= 0.3 is 5.97 Å². The second kappa shape index (κ2) is 7.70. The van der Waals surface area contributed by atoms with E-state index in [9.17, 15) is 9.59 Å². The molecule has 65 valence electrons. The minimum Gasteiger partial charge on any atom is -0.475 e. The van der Waals surface area contributed by atoms with Gasteiger partial charge in [0.15, 0.2) is 6.10 Å². The Balaban J connectivity index is 0. The summed E-state index contributed by atoms with van der Waals surface area (Å²) in [6.45, 7) is -0.0400. The summed E-state index contributed by atoms with van der Waals surface area (Å²) in [6, 6.07) is 0. The molecule has 0 heterocycles. The fourth-order valence-corrected chi connectivity index (χ4v) is 0.540. The Hall–Kier alpha value is 0.0600. The summed E-state index contributed by atoms with van der Waals surface area (Å²) in [7, 11) is 2.62. The summed E-state index contributed by atoms with van der Waals surface area (Å²) in [6.07, 6.45) is -1.00. The Morgan fingerprint density at radius 2 is 1.92 bits per heavy atom. The third kappa shape index (κ3) is 4.84. The molecular formula is C6H10NaO5. The van der Waals surface area contributed by atoms with E-state index in [0.717, 1.165) is 0 Å². The van der Waals surface area contributed by atoms with Crippen LogP contribution in [0.1, 0.15) is 0 Å². The van der Waals surface area contributed by atoms with E-state index < -0.39 is 17.9 Å². The maximum absolute atomic E-state index is 10.7. The number of methoxy groups -OCH3 is 2. The van der Waals surface area contributed by atoms with Crippen molar-refractivity contribution in [3.05, 3.63) is 0 Å². The van der Waals surface area contributed by atoms with Gasteiger partial charge in [-0.3, -0.25) is 4.79 Å². The average Bonchev–Trinajstić information content (AvgIpc) is 1.98. The molecule has 0 spiro atoms. The first kappa shape index (κ1) is 14.6. The van der Waals surface area contributed by atoms with Crippen LogP contribution in [0.2, 0.25) is 0 Å². The van der Waals surface area contributed by atoms with Gasteiger partial charge in [-0.25, -0.2) is 4.79 Å². The first-order chi connectivity index (χ1) is 5.13. The molecule has 5 nitrogen and oxygen atoms in total. The fraction of sp³-hybridized carbons (Fsp3) is 0.667. The van der Waals surface area contributed by atoms with Crippen molar-refractivity contribution >= 4 is 41.3 Å². The zero-order valence-corrected chi connectivity index (χ0v) is 9.36. The van der Waals surface area contributed by atoms with E-state index in [4.69, 9.17) is 5.11 Å². The molecule has 1 N–H and O–H groups in total. The summed E-state index contributed by atoms with van der Waals surface area (Å²) in [5.74, 6) is -2.50. The van der Waals surface area contributed by atoms with Gasteiger partial charge in [0.05, 0.1) is 6.61 Å². The van der Waals surface area contributed by atoms with Crippen molar-refractivity contribution in [2.75, 3.05) is 20.8 Å². The second-order valence-electron chi connectivity index (χ2n) is 1.85. The molecule has 12 heavy (non-hydrogen) atoms. The Labute approximate surface area is 92.3 Å². The van der Waals surface area contributed by atoms with Crippen molar-refractivity contribution in [1.82, 2.24) is 0 Å². The van der Waals surface area contributed by atoms with Crippen molar-refractivity contribution in [3.63, 3.8) is 0 Å². The number of carbonyl (C=O) groups excluding carboxylic acids is 1. The summed E-state index contributed by atoms with van der Waals surface area (Å²) in [5.41, 5.74) is 0. The van der Waals surface area contributed by atoms with E-state index in [0.29, 0.717) is 0 Å². The van der Waals surface area contributed by atoms with Gasteiger partial charge in [-0.05, 0) is 0 Å². The molecule has 0 amide bonds. The SMILES string of the molecule is COCC(OC)C(=O)C(=O)O.[Na]. The van der Waals surface area contributed by atoms with Crippen LogP contribution in [-0.2, 0) is 19.1 Å². The Kier molecular flexibility index (Phi) is 9.35. The van der Waals surface area contributed by atoms with Gasteiger partial charge in [-0.1, -0.05) is 0 Å². The minimum absolute atomic E-state index is 0. The zero-order chi connectivity index (χ0) is 8.85.